The monoisotopic (exact) mass is 178 g/mol. The van der Waals surface area contributed by atoms with E-state index in [1.807, 2.05) is 20.2 Å². The Morgan fingerprint density at radius 1 is 1.77 bits per heavy atom. The lowest BCUT2D eigenvalue weighted by Crippen LogP contribution is -2.27. The van der Waals surface area contributed by atoms with Crippen LogP contribution in [-0.2, 0) is 7.05 Å². The van der Waals surface area contributed by atoms with Crippen LogP contribution in [0.3, 0.4) is 0 Å². The van der Waals surface area contributed by atoms with Gasteiger partial charge in [0.15, 0.2) is 0 Å². The number of nitrogens with zero attached hydrogens (tertiary/aromatic N) is 2. The van der Waals surface area contributed by atoms with Gasteiger partial charge < -0.3 is 0 Å². The fourth-order valence-electron chi connectivity index (χ4n) is 1.10. The molecule has 0 saturated carbocycles. The summed E-state index contributed by atoms with van der Waals surface area (Å²) in [5.41, 5.74) is 3.77. The van der Waals surface area contributed by atoms with Crippen LogP contribution in [0.2, 0.25) is 0 Å². The Kier molecular flexibility index (Phi) is 3.50. The summed E-state index contributed by atoms with van der Waals surface area (Å²) in [5.74, 6) is 11.2. The van der Waals surface area contributed by atoms with Crippen molar-refractivity contribution in [3.8, 4) is 11.8 Å². The summed E-state index contributed by atoms with van der Waals surface area (Å²) < 4.78 is 1.75. The van der Waals surface area contributed by atoms with E-state index in [4.69, 9.17) is 5.84 Å². The zero-order valence-electron chi connectivity index (χ0n) is 7.91. The van der Waals surface area contributed by atoms with Crippen molar-refractivity contribution < 1.29 is 0 Å². The predicted octanol–water partition coefficient (Wildman–Crippen LogP) is 0.338. The highest BCUT2D eigenvalue weighted by molar-refractivity contribution is 5.13. The summed E-state index contributed by atoms with van der Waals surface area (Å²) in [7, 11) is 1.88. The Morgan fingerprint density at radius 3 is 3.00 bits per heavy atom. The van der Waals surface area contributed by atoms with Gasteiger partial charge in [-0.3, -0.25) is 16.0 Å². The standard InChI is InChI=1S/C9H14N4/c1-3-4-5-9(12-10)8-6-11-13(2)7-8/h6-7,9,12H,5,10H2,1-2H3. The van der Waals surface area contributed by atoms with E-state index in [2.05, 4.69) is 22.4 Å². The highest BCUT2D eigenvalue weighted by atomic mass is 15.3. The van der Waals surface area contributed by atoms with Crippen molar-refractivity contribution in [2.24, 2.45) is 12.9 Å². The topological polar surface area (TPSA) is 55.9 Å². The number of rotatable bonds is 3. The number of hydrazine groups is 1. The van der Waals surface area contributed by atoms with Crippen LogP contribution in [-0.4, -0.2) is 9.78 Å². The normalized spacial score (nSPS) is 11.9. The van der Waals surface area contributed by atoms with Gasteiger partial charge in [0, 0.05) is 25.2 Å². The van der Waals surface area contributed by atoms with E-state index in [9.17, 15) is 0 Å². The maximum absolute atomic E-state index is 5.40. The Morgan fingerprint density at radius 2 is 2.54 bits per heavy atom. The minimum absolute atomic E-state index is 0.0705. The van der Waals surface area contributed by atoms with E-state index in [1.165, 1.54) is 0 Å². The summed E-state index contributed by atoms with van der Waals surface area (Å²) in [6.45, 7) is 1.82. The summed E-state index contributed by atoms with van der Waals surface area (Å²) in [6, 6.07) is 0.0705. The lowest BCUT2D eigenvalue weighted by molar-refractivity contribution is 0.567. The molecular weight excluding hydrogens is 164 g/mol. The Hall–Kier alpha value is -1.31. The maximum Gasteiger partial charge on any atom is 0.0600 e. The van der Waals surface area contributed by atoms with Crippen molar-refractivity contribution >= 4 is 0 Å². The minimum atomic E-state index is 0.0705. The first-order valence-electron chi connectivity index (χ1n) is 4.12. The van der Waals surface area contributed by atoms with Gasteiger partial charge in [-0.25, -0.2) is 0 Å². The average Bonchev–Trinajstić information content (AvgIpc) is 2.54. The second-order valence-electron chi connectivity index (χ2n) is 2.80. The number of hydrogen-bond acceptors (Lipinski definition) is 3. The van der Waals surface area contributed by atoms with E-state index < -0.39 is 0 Å². The molecule has 13 heavy (non-hydrogen) atoms. The van der Waals surface area contributed by atoms with Gasteiger partial charge in [-0.05, 0) is 6.92 Å². The highest BCUT2D eigenvalue weighted by Crippen LogP contribution is 2.13. The molecule has 1 heterocycles. The quantitative estimate of drug-likeness (QED) is 0.398. The third-order valence-corrected chi connectivity index (χ3v) is 1.81. The largest absolute Gasteiger partial charge is 0.275 e. The molecule has 0 spiro atoms. The van der Waals surface area contributed by atoms with Crippen molar-refractivity contribution in [2.45, 2.75) is 19.4 Å². The molecule has 0 aliphatic heterocycles. The molecule has 0 aliphatic carbocycles. The molecule has 0 bridgehead atoms. The SMILES string of the molecule is CC#CCC(NN)c1cnn(C)c1. The Labute approximate surface area is 78.1 Å². The minimum Gasteiger partial charge on any atom is -0.275 e. The molecule has 4 nitrogen and oxygen atoms in total. The molecule has 0 radical (unpaired) electrons. The van der Waals surface area contributed by atoms with Crippen LogP contribution in [0, 0.1) is 11.8 Å². The molecule has 4 heteroatoms. The zero-order chi connectivity index (χ0) is 9.68. The van der Waals surface area contributed by atoms with Crippen molar-refractivity contribution in [3.63, 3.8) is 0 Å². The van der Waals surface area contributed by atoms with Crippen LogP contribution < -0.4 is 11.3 Å². The smallest absolute Gasteiger partial charge is 0.0600 e. The fraction of sp³-hybridized carbons (Fsp3) is 0.444. The lowest BCUT2D eigenvalue weighted by atomic mass is 10.1. The van der Waals surface area contributed by atoms with Crippen LogP contribution in [0.25, 0.3) is 0 Å². The molecule has 3 N–H and O–H groups in total. The number of nitrogens with one attached hydrogen (secondary N) is 1. The van der Waals surface area contributed by atoms with E-state index in [1.54, 1.807) is 10.9 Å². The fourth-order valence-corrected chi connectivity index (χ4v) is 1.10. The zero-order valence-corrected chi connectivity index (χ0v) is 7.91. The molecule has 0 aliphatic rings. The second-order valence-corrected chi connectivity index (χ2v) is 2.80. The van der Waals surface area contributed by atoms with Gasteiger partial charge in [0.2, 0.25) is 0 Å². The van der Waals surface area contributed by atoms with E-state index >= 15 is 0 Å². The van der Waals surface area contributed by atoms with Crippen LogP contribution in [0.1, 0.15) is 24.9 Å². The molecule has 0 amide bonds. The van der Waals surface area contributed by atoms with E-state index in [0.717, 1.165) is 5.56 Å². The lowest BCUT2D eigenvalue weighted by Gasteiger charge is -2.09. The van der Waals surface area contributed by atoms with E-state index in [0.29, 0.717) is 6.42 Å². The van der Waals surface area contributed by atoms with Gasteiger partial charge in [0.05, 0.1) is 12.2 Å². The molecule has 0 fully saturated rings. The van der Waals surface area contributed by atoms with Crippen LogP contribution in [0.4, 0.5) is 0 Å². The van der Waals surface area contributed by atoms with Gasteiger partial charge in [0.1, 0.15) is 0 Å². The number of aromatic nitrogens is 2. The first-order chi connectivity index (χ1) is 6.27. The summed E-state index contributed by atoms with van der Waals surface area (Å²) in [4.78, 5) is 0. The molecule has 70 valence electrons. The van der Waals surface area contributed by atoms with Gasteiger partial charge in [-0.2, -0.15) is 5.10 Å². The molecule has 1 aromatic rings. The third kappa shape index (κ3) is 2.58. The number of aryl methyl sites for hydroxylation is 1. The van der Waals surface area contributed by atoms with Gasteiger partial charge >= 0.3 is 0 Å². The van der Waals surface area contributed by atoms with Gasteiger partial charge in [0.25, 0.3) is 0 Å². The Bertz CT molecular complexity index is 318. The van der Waals surface area contributed by atoms with Crippen LogP contribution >= 0.6 is 0 Å². The van der Waals surface area contributed by atoms with Crippen molar-refractivity contribution in [3.05, 3.63) is 18.0 Å². The summed E-state index contributed by atoms with van der Waals surface area (Å²) in [5, 5.41) is 4.07. The summed E-state index contributed by atoms with van der Waals surface area (Å²) in [6.07, 6.45) is 4.43. The first kappa shape index (κ1) is 9.78. The number of nitrogens with two attached hydrogens (primary N) is 1. The van der Waals surface area contributed by atoms with Crippen LogP contribution in [0.15, 0.2) is 12.4 Å². The molecule has 0 saturated heterocycles. The average molecular weight is 178 g/mol. The second kappa shape index (κ2) is 4.65. The molecule has 1 aromatic heterocycles. The molecule has 1 rings (SSSR count). The van der Waals surface area contributed by atoms with Crippen molar-refractivity contribution in [2.75, 3.05) is 0 Å². The van der Waals surface area contributed by atoms with Crippen molar-refractivity contribution in [1.29, 1.82) is 0 Å². The molecule has 1 unspecified atom stereocenters. The van der Waals surface area contributed by atoms with Crippen LogP contribution in [0.5, 0.6) is 0 Å². The third-order valence-electron chi connectivity index (χ3n) is 1.81. The molecule has 0 aromatic carbocycles. The summed E-state index contributed by atoms with van der Waals surface area (Å²) >= 11 is 0. The molecule has 1 atom stereocenters. The highest BCUT2D eigenvalue weighted by Gasteiger charge is 2.09. The predicted molar refractivity (Wildman–Crippen MR) is 51.3 cm³/mol. The maximum atomic E-state index is 5.40. The molecular formula is C9H14N4. The Balaban J connectivity index is 2.70. The van der Waals surface area contributed by atoms with Gasteiger partial charge in [-0.1, -0.05) is 0 Å². The van der Waals surface area contributed by atoms with Gasteiger partial charge in [-0.15, -0.1) is 11.8 Å². The number of hydrogen-bond donors (Lipinski definition) is 2. The van der Waals surface area contributed by atoms with E-state index in [-0.39, 0.29) is 6.04 Å². The van der Waals surface area contributed by atoms with Crippen molar-refractivity contribution in [1.82, 2.24) is 15.2 Å². The first-order valence-corrected chi connectivity index (χ1v) is 4.12.